The number of carbonyl (C=O) groups is 3. The fourth-order valence-electron chi connectivity index (χ4n) is 2.17. The van der Waals surface area contributed by atoms with Crippen molar-refractivity contribution in [1.29, 1.82) is 0 Å². The maximum Gasteiger partial charge on any atom is 0.307 e. The van der Waals surface area contributed by atoms with Crippen LogP contribution in [0, 0.1) is 0 Å². The summed E-state index contributed by atoms with van der Waals surface area (Å²) in [7, 11) is 1.55. The van der Waals surface area contributed by atoms with Crippen LogP contribution in [0.2, 0.25) is 0 Å². The molecule has 132 valence electrons. The van der Waals surface area contributed by atoms with E-state index < -0.39 is 0 Å². The first-order valence-electron chi connectivity index (χ1n) is 8.09. The van der Waals surface area contributed by atoms with Gasteiger partial charge in [-0.25, -0.2) is 0 Å². The highest BCUT2D eigenvalue weighted by Gasteiger charge is 2.17. The summed E-state index contributed by atoms with van der Waals surface area (Å²) in [5.74, 6) is -0.574. The third-order valence-electron chi connectivity index (χ3n) is 3.47. The van der Waals surface area contributed by atoms with Crippen molar-refractivity contribution in [3.05, 3.63) is 35.9 Å². The van der Waals surface area contributed by atoms with E-state index in [2.05, 4.69) is 0 Å². The molecule has 6 heteroatoms. The van der Waals surface area contributed by atoms with Gasteiger partial charge in [0.05, 0.1) is 19.6 Å². The van der Waals surface area contributed by atoms with Crippen LogP contribution >= 0.6 is 0 Å². The van der Waals surface area contributed by atoms with Gasteiger partial charge in [-0.05, 0) is 6.92 Å². The first-order valence-corrected chi connectivity index (χ1v) is 8.09. The van der Waals surface area contributed by atoms with E-state index in [1.807, 2.05) is 6.07 Å². The molecule has 1 amide bonds. The van der Waals surface area contributed by atoms with Gasteiger partial charge in [-0.1, -0.05) is 30.3 Å². The highest BCUT2D eigenvalue weighted by Crippen LogP contribution is 2.07. The zero-order valence-corrected chi connectivity index (χ0v) is 14.3. The third-order valence-corrected chi connectivity index (χ3v) is 3.47. The second kappa shape index (κ2) is 11.3. The fraction of sp³-hybridized carbons (Fsp3) is 0.500. The maximum absolute atomic E-state index is 12.3. The van der Waals surface area contributed by atoms with E-state index in [-0.39, 0.29) is 43.5 Å². The molecule has 0 N–H and O–H groups in total. The molecular weight excluding hydrogens is 310 g/mol. The van der Waals surface area contributed by atoms with Crippen molar-refractivity contribution in [2.24, 2.45) is 0 Å². The Bertz CT molecular complexity index is 529. The summed E-state index contributed by atoms with van der Waals surface area (Å²) in [6.07, 6.45) is 0.391. The van der Waals surface area contributed by atoms with Crippen LogP contribution in [-0.2, 0) is 19.1 Å². The number of hydrogen-bond donors (Lipinski definition) is 0. The molecular formula is C18H25NO5. The number of ketones is 1. The highest BCUT2D eigenvalue weighted by atomic mass is 16.5. The Morgan fingerprint density at radius 1 is 1.00 bits per heavy atom. The molecule has 0 saturated heterocycles. The SMILES string of the molecule is CCOC(=O)CCN(CCOC)C(=O)CCC(=O)c1ccccc1. The molecule has 0 unspecified atom stereocenters. The summed E-state index contributed by atoms with van der Waals surface area (Å²) in [5, 5.41) is 0. The van der Waals surface area contributed by atoms with Crippen molar-refractivity contribution in [2.45, 2.75) is 26.2 Å². The van der Waals surface area contributed by atoms with Crippen LogP contribution < -0.4 is 0 Å². The minimum absolute atomic E-state index is 0.0685. The molecule has 0 aromatic heterocycles. The number of Topliss-reactive ketones (excluding diaryl/α,β-unsaturated/α-hetero) is 1. The molecule has 0 bridgehead atoms. The van der Waals surface area contributed by atoms with Crippen LogP contribution in [-0.4, -0.2) is 56.0 Å². The summed E-state index contributed by atoms with van der Waals surface area (Å²) in [6, 6.07) is 8.88. The minimum atomic E-state index is -0.340. The van der Waals surface area contributed by atoms with E-state index in [1.165, 1.54) is 0 Å². The van der Waals surface area contributed by atoms with Gasteiger partial charge in [0.25, 0.3) is 0 Å². The van der Waals surface area contributed by atoms with Crippen molar-refractivity contribution in [3.63, 3.8) is 0 Å². The van der Waals surface area contributed by atoms with Crippen molar-refractivity contribution in [2.75, 3.05) is 33.4 Å². The molecule has 0 fully saturated rings. The summed E-state index contributed by atoms with van der Waals surface area (Å²) >= 11 is 0. The summed E-state index contributed by atoms with van der Waals surface area (Å²) in [6.45, 7) is 3.08. The number of carbonyl (C=O) groups excluding carboxylic acids is 3. The fourth-order valence-corrected chi connectivity index (χ4v) is 2.17. The third kappa shape index (κ3) is 7.37. The van der Waals surface area contributed by atoms with E-state index in [9.17, 15) is 14.4 Å². The van der Waals surface area contributed by atoms with Gasteiger partial charge in [-0.15, -0.1) is 0 Å². The molecule has 0 aliphatic carbocycles. The Kier molecular flexibility index (Phi) is 9.38. The number of esters is 1. The number of hydrogen-bond acceptors (Lipinski definition) is 5. The number of ether oxygens (including phenoxy) is 2. The van der Waals surface area contributed by atoms with E-state index in [0.29, 0.717) is 25.3 Å². The molecule has 0 aliphatic rings. The number of nitrogens with zero attached hydrogens (tertiary/aromatic N) is 1. The first-order chi connectivity index (χ1) is 11.6. The van der Waals surface area contributed by atoms with Gasteiger partial charge in [0, 0.05) is 38.6 Å². The predicted molar refractivity (Wildman–Crippen MR) is 89.7 cm³/mol. The maximum atomic E-state index is 12.3. The van der Waals surface area contributed by atoms with Crippen molar-refractivity contribution >= 4 is 17.7 Å². The predicted octanol–water partition coefficient (Wildman–Crippen LogP) is 2.08. The summed E-state index contributed by atoms with van der Waals surface area (Å²) in [5.41, 5.74) is 0.597. The second-order valence-corrected chi connectivity index (χ2v) is 5.22. The molecule has 0 heterocycles. The molecule has 0 aliphatic heterocycles. The average Bonchev–Trinajstić information content (AvgIpc) is 2.60. The average molecular weight is 335 g/mol. The molecule has 1 rings (SSSR count). The number of methoxy groups -OCH3 is 1. The normalized spacial score (nSPS) is 10.2. The Labute approximate surface area is 142 Å². The van der Waals surface area contributed by atoms with Crippen LogP contribution in [0.25, 0.3) is 0 Å². The molecule has 0 radical (unpaired) electrons. The Morgan fingerprint density at radius 3 is 2.33 bits per heavy atom. The van der Waals surface area contributed by atoms with Crippen LogP contribution in [0.4, 0.5) is 0 Å². The van der Waals surface area contributed by atoms with E-state index in [0.717, 1.165) is 0 Å². The van der Waals surface area contributed by atoms with E-state index in [1.54, 1.807) is 43.2 Å². The standard InChI is InChI=1S/C18H25NO5/c1-3-24-18(22)11-12-19(13-14-23-2)17(21)10-9-16(20)15-7-5-4-6-8-15/h4-8H,3,9-14H2,1-2H3. The monoisotopic (exact) mass is 335 g/mol. The zero-order valence-electron chi connectivity index (χ0n) is 14.3. The summed E-state index contributed by atoms with van der Waals surface area (Å²) < 4.78 is 9.86. The van der Waals surface area contributed by atoms with Gasteiger partial charge in [0.15, 0.2) is 5.78 Å². The molecule has 1 aromatic carbocycles. The quantitative estimate of drug-likeness (QED) is 0.457. The Hall–Kier alpha value is -2.21. The number of amides is 1. The lowest BCUT2D eigenvalue weighted by Gasteiger charge is -2.22. The second-order valence-electron chi connectivity index (χ2n) is 5.22. The first kappa shape index (κ1) is 19.8. The van der Waals surface area contributed by atoms with Gasteiger partial charge in [0.2, 0.25) is 5.91 Å². The molecule has 0 saturated carbocycles. The van der Waals surface area contributed by atoms with E-state index in [4.69, 9.17) is 9.47 Å². The lowest BCUT2D eigenvalue weighted by molar-refractivity contribution is -0.144. The van der Waals surface area contributed by atoms with Gasteiger partial charge in [-0.2, -0.15) is 0 Å². The van der Waals surface area contributed by atoms with Crippen molar-refractivity contribution in [1.82, 2.24) is 4.90 Å². The molecule has 6 nitrogen and oxygen atoms in total. The minimum Gasteiger partial charge on any atom is -0.466 e. The van der Waals surface area contributed by atoms with Gasteiger partial charge in [0.1, 0.15) is 0 Å². The molecule has 1 aromatic rings. The largest absolute Gasteiger partial charge is 0.466 e. The zero-order chi connectivity index (χ0) is 17.8. The Balaban J connectivity index is 2.50. The number of benzene rings is 1. The van der Waals surface area contributed by atoms with E-state index >= 15 is 0 Å². The smallest absolute Gasteiger partial charge is 0.307 e. The van der Waals surface area contributed by atoms with Crippen molar-refractivity contribution in [3.8, 4) is 0 Å². The lowest BCUT2D eigenvalue weighted by Crippen LogP contribution is -2.36. The van der Waals surface area contributed by atoms with Crippen LogP contribution in [0.5, 0.6) is 0 Å². The van der Waals surface area contributed by atoms with Gasteiger partial charge >= 0.3 is 5.97 Å². The van der Waals surface area contributed by atoms with Gasteiger partial charge < -0.3 is 14.4 Å². The lowest BCUT2D eigenvalue weighted by atomic mass is 10.1. The highest BCUT2D eigenvalue weighted by molar-refractivity contribution is 5.97. The van der Waals surface area contributed by atoms with Crippen LogP contribution in [0.15, 0.2) is 30.3 Å². The topological polar surface area (TPSA) is 72.9 Å². The summed E-state index contributed by atoms with van der Waals surface area (Å²) in [4.78, 5) is 37.4. The van der Waals surface area contributed by atoms with Crippen LogP contribution in [0.3, 0.4) is 0 Å². The van der Waals surface area contributed by atoms with Gasteiger partial charge in [-0.3, -0.25) is 14.4 Å². The molecule has 0 atom stereocenters. The van der Waals surface area contributed by atoms with Crippen LogP contribution in [0.1, 0.15) is 36.5 Å². The molecule has 24 heavy (non-hydrogen) atoms. The Morgan fingerprint density at radius 2 is 1.71 bits per heavy atom. The van der Waals surface area contributed by atoms with Crippen molar-refractivity contribution < 1.29 is 23.9 Å². The molecule has 0 spiro atoms. The number of rotatable bonds is 11.